The van der Waals surface area contributed by atoms with Crippen molar-refractivity contribution in [3.05, 3.63) is 22.8 Å². The summed E-state index contributed by atoms with van der Waals surface area (Å²) in [5.74, 6) is 0. The fourth-order valence-electron chi connectivity index (χ4n) is 2.12. The van der Waals surface area contributed by atoms with Gasteiger partial charge in [0, 0.05) is 25.4 Å². The number of hydrogen-bond acceptors (Lipinski definition) is 4. The molecule has 0 saturated carbocycles. The van der Waals surface area contributed by atoms with Gasteiger partial charge in [-0.2, -0.15) is 0 Å². The maximum Gasteiger partial charge on any atom is 0.241 e. The average molecular weight is 300 g/mol. The molecule has 5 nitrogen and oxygen atoms in total. The number of sulfonamides is 1. The molecule has 6 heteroatoms. The Morgan fingerprint density at radius 2 is 1.90 bits per heavy atom. The zero-order valence-corrected chi connectivity index (χ0v) is 13.6. The molecule has 0 spiro atoms. The first-order valence-corrected chi connectivity index (χ1v) is 8.06. The highest BCUT2D eigenvalue weighted by atomic mass is 32.2. The molecule has 0 amide bonds. The summed E-state index contributed by atoms with van der Waals surface area (Å²) in [5, 5.41) is 0. The molecule has 0 radical (unpaired) electrons. The first-order valence-electron chi connectivity index (χ1n) is 6.58. The fourth-order valence-corrected chi connectivity index (χ4v) is 3.97. The molecule has 0 aliphatic rings. The number of ether oxygens (including phenoxy) is 1. The van der Waals surface area contributed by atoms with Crippen molar-refractivity contribution in [2.45, 2.75) is 45.1 Å². The quantitative estimate of drug-likeness (QED) is 0.786. The minimum absolute atomic E-state index is 0.194. The predicted molar refractivity (Wildman–Crippen MR) is 81.3 cm³/mol. The number of nitrogen functional groups attached to an aromatic ring is 1. The van der Waals surface area contributed by atoms with Crippen molar-refractivity contribution < 1.29 is 13.2 Å². The summed E-state index contributed by atoms with van der Waals surface area (Å²) in [6.45, 7) is 7.73. The highest BCUT2D eigenvalue weighted by molar-refractivity contribution is 7.89. The van der Waals surface area contributed by atoms with Gasteiger partial charge in [-0.15, -0.1) is 0 Å². The van der Waals surface area contributed by atoms with Crippen molar-refractivity contribution in [3.63, 3.8) is 0 Å². The molecule has 0 aromatic heterocycles. The minimum atomic E-state index is -3.58. The highest BCUT2D eigenvalue weighted by Crippen LogP contribution is 2.27. The lowest BCUT2D eigenvalue weighted by molar-refractivity contribution is 0.188. The zero-order chi connectivity index (χ0) is 15.5. The van der Waals surface area contributed by atoms with Gasteiger partial charge in [-0.1, -0.05) is 0 Å². The second kappa shape index (κ2) is 6.56. The number of rotatable bonds is 6. The minimum Gasteiger partial charge on any atom is -0.398 e. The van der Waals surface area contributed by atoms with Crippen LogP contribution in [0.1, 0.15) is 30.0 Å². The molecule has 1 unspecified atom stereocenters. The third-order valence-electron chi connectivity index (χ3n) is 3.46. The van der Waals surface area contributed by atoms with Crippen LogP contribution in [0.25, 0.3) is 0 Å². The topological polar surface area (TPSA) is 81.4 Å². The smallest absolute Gasteiger partial charge is 0.241 e. The van der Waals surface area contributed by atoms with Gasteiger partial charge in [0.05, 0.1) is 4.90 Å². The second-order valence-electron chi connectivity index (χ2n) is 5.17. The van der Waals surface area contributed by atoms with Gasteiger partial charge in [0.15, 0.2) is 0 Å². The summed E-state index contributed by atoms with van der Waals surface area (Å²) in [7, 11) is -1.99. The largest absolute Gasteiger partial charge is 0.398 e. The average Bonchev–Trinajstić information content (AvgIpc) is 2.33. The molecule has 1 atom stereocenters. The standard InChI is InChI=1S/C14H24N2O3S/c1-9-8-13(15)12(4)14(11(9)3)20(17,18)16-10(2)6-7-19-5/h8,10,16H,6-7,15H2,1-5H3. The normalized spacial score (nSPS) is 13.4. The Hall–Kier alpha value is -1.11. The van der Waals surface area contributed by atoms with E-state index in [1.807, 2.05) is 13.8 Å². The summed E-state index contributed by atoms with van der Waals surface area (Å²) in [4.78, 5) is 0.291. The molecule has 114 valence electrons. The lowest BCUT2D eigenvalue weighted by Crippen LogP contribution is -2.34. The van der Waals surface area contributed by atoms with Crippen LogP contribution in [0.2, 0.25) is 0 Å². The van der Waals surface area contributed by atoms with E-state index >= 15 is 0 Å². The predicted octanol–water partition coefficient (Wildman–Crippen LogP) is 1.90. The number of benzene rings is 1. The number of anilines is 1. The summed E-state index contributed by atoms with van der Waals surface area (Å²) < 4.78 is 32.7. The first kappa shape index (κ1) is 16.9. The molecule has 1 rings (SSSR count). The molecule has 0 saturated heterocycles. The molecule has 3 N–H and O–H groups in total. The molecular weight excluding hydrogens is 276 g/mol. The van der Waals surface area contributed by atoms with Gasteiger partial charge in [0.1, 0.15) is 0 Å². The maximum atomic E-state index is 12.5. The van der Waals surface area contributed by atoms with Gasteiger partial charge >= 0.3 is 0 Å². The van der Waals surface area contributed by atoms with Crippen LogP contribution in [0.15, 0.2) is 11.0 Å². The van der Waals surface area contributed by atoms with E-state index < -0.39 is 10.0 Å². The Bertz CT molecular complexity index is 556. The van der Waals surface area contributed by atoms with Crippen LogP contribution in [0.4, 0.5) is 5.69 Å². The van der Waals surface area contributed by atoms with Gasteiger partial charge in [0.2, 0.25) is 10.0 Å². The number of aryl methyl sites for hydroxylation is 1. The molecule has 0 aliphatic heterocycles. The summed E-state index contributed by atoms with van der Waals surface area (Å²) >= 11 is 0. The van der Waals surface area contributed by atoms with E-state index in [2.05, 4.69) is 4.72 Å². The molecule has 1 aromatic rings. The van der Waals surface area contributed by atoms with Crippen molar-refractivity contribution in [1.29, 1.82) is 0 Å². The molecular formula is C14H24N2O3S. The maximum absolute atomic E-state index is 12.5. The van der Waals surface area contributed by atoms with Crippen LogP contribution in [0, 0.1) is 20.8 Å². The van der Waals surface area contributed by atoms with E-state index in [1.165, 1.54) is 0 Å². The second-order valence-corrected chi connectivity index (χ2v) is 6.82. The van der Waals surface area contributed by atoms with E-state index in [4.69, 9.17) is 10.5 Å². The fraction of sp³-hybridized carbons (Fsp3) is 0.571. The molecule has 20 heavy (non-hydrogen) atoms. The van der Waals surface area contributed by atoms with Gasteiger partial charge in [-0.3, -0.25) is 0 Å². The van der Waals surface area contributed by atoms with Crippen LogP contribution in [-0.2, 0) is 14.8 Å². The van der Waals surface area contributed by atoms with Gasteiger partial charge in [0.25, 0.3) is 0 Å². The van der Waals surface area contributed by atoms with Crippen LogP contribution < -0.4 is 10.5 Å². The number of nitrogens with one attached hydrogen (secondary N) is 1. The Morgan fingerprint density at radius 3 is 2.45 bits per heavy atom. The Kier molecular flexibility index (Phi) is 5.56. The molecule has 1 aromatic carbocycles. The molecule has 0 aliphatic carbocycles. The van der Waals surface area contributed by atoms with Crippen LogP contribution in [-0.4, -0.2) is 28.2 Å². The number of hydrogen-bond donors (Lipinski definition) is 2. The van der Waals surface area contributed by atoms with Crippen molar-refractivity contribution in [1.82, 2.24) is 4.72 Å². The van der Waals surface area contributed by atoms with Crippen LogP contribution in [0.3, 0.4) is 0 Å². The number of methoxy groups -OCH3 is 1. The molecule has 0 heterocycles. The lowest BCUT2D eigenvalue weighted by atomic mass is 10.1. The zero-order valence-electron chi connectivity index (χ0n) is 12.8. The number of nitrogens with two attached hydrogens (primary N) is 1. The van der Waals surface area contributed by atoms with Crippen molar-refractivity contribution in [2.24, 2.45) is 0 Å². The Balaban J connectivity index is 3.16. The van der Waals surface area contributed by atoms with E-state index in [0.717, 1.165) is 11.1 Å². The SMILES string of the molecule is COCCC(C)NS(=O)(=O)c1c(C)c(C)cc(N)c1C. The van der Waals surface area contributed by atoms with Crippen LogP contribution >= 0.6 is 0 Å². The van der Waals surface area contributed by atoms with Gasteiger partial charge < -0.3 is 10.5 Å². The monoisotopic (exact) mass is 300 g/mol. The van der Waals surface area contributed by atoms with Crippen molar-refractivity contribution >= 4 is 15.7 Å². The van der Waals surface area contributed by atoms with E-state index in [-0.39, 0.29) is 6.04 Å². The van der Waals surface area contributed by atoms with Crippen molar-refractivity contribution in [3.8, 4) is 0 Å². The van der Waals surface area contributed by atoms with E-state index in [1.54, 1.807) is 27.0 Å². The lowest BCUT2D eigenvalue weighted by Gasteiger charge is -2.19. The van der Waals surface area contributed by atoms with Crippen molar-refractivity contribution in [2.75, 3.05) is 19.5 Å². The van der Waals surface area contributed by atoms with E-state index in [9.17, 15) is 8.42 Å². The van der Waals surface area contributed by atoms with Gasteiger partial charge in [-0.05, 0) is 56.9 Å². The van der Waals surface area contributed by atoms with Crippen LogP contribution in [0.5, 0.6) is 0 Å². The Labute approximate surface area is 121 Å². The molecule has 0 bridgehead atoms. The van der Waals surface area contributed by atoms with Gasteiger partial charge in [-0.25, -0.2) is 13.1 Å². The third kappa shape index (κ3) is 3.71. The summed E-state index contributed by atoms with van der Waals surface area (Å²) in [6.07, 6.45) is 0.620. The van der Waals surface area contributed by atoms with E-state index in [0.29, 0.717) is 29.2 Å². The summed E-state index contributed by atoms with van der Waals surface area (Å²) in [6, 6.07) is 1.61. The Morgan fingerprint density at radius 1 is 1.30 bits per heavy atom. The first-order chi connectivity index (χ1) is 9.20. The highest BCUT2D eigenvalue weighted by Gasteiger charge is 2.23. The molecule has 0 fully saturated rings. The summed E-state index contributed by atoms with van der Waals surface area (Å²) in [5.41, 5.74) is 8.59. The third-order valence-corrected chi connectivity index (χ3v) is 5.32.